The lowest BCUT2D eigenvalue weighted by molar-refractivity contribution is -0.138. The zero-order chi connectivity index (χ0) is 24.0. The van der Waals surface area contributed by atoms with Gasteiger partial charge in [0.1, 0.15) is 0 Å². The molecule has 180 valence electrons. The molecule has 2 heterocycles. The zero-order valence-corrected chi connectivity index (χ0v) is 20.4. The van der Waals surface area contributed by atoms with Crippen molar-refractivity contribution in [3.05, 3.63) is 108 Å². The molecule has 4 aromatic rings. The maximum absolute atomic E-state index is 13.8. The summed E-state index contributed by atoms with van der Waals surface area (Å²) < 4.78 is 0. The average Bonchev–Trinajstić information content (AvgIpc) is 3.29. The van der Waals surface area contributed by atoms with E-state index in [1.807, 2.05) is 18.3 Å². The summed E-state index contributed by atoms with van der Waals surface area (Å²) in [6.45, 7) is 3.24. The lowest BCUT2D eigenvalue weighted by Gasteiger charge is -2.40. The molecule has 0 bridgehead atoms. The number of nitrogens with zero attached hydrogens (tertiary/aromatic N) is 2. The van der Waals surface area contributed by atoms with Gasteiger partial charge in [-0.05, 0) is 42.6 Å². The number of hydrogen-bond acceptors (Lipinski definition) is 3. The van der Waals surface area contributed by atoms with Gasteiger partial charge in [0.05, 0.1) is 6.04 Å². The lowest BCUT2D eigenvalue weighted by atomic mass is 9.98. The first kappa shape index (κ1) is 23.3. The number of rotatable bonds is 9. The number of piperazine rings is 1. The van der Waals surface area contributed by atoms with E-state index in [2.05, 4.69) is 99.9 Å². The first-order chi connectivity index (χ1) is 17.2. The van der Waals surface area contributed by atoms with Crippen LogP contribution in [0.25, 0.3) is 10.9 Å². The molecule has 1 unspecified atom stereocenters. The van der Waals surface area contributed by atoms with Crippen LogP contribution < -0.4 is 5.32 Å². The fourth-order valence-electron chi connectivity index (χ4n) is 5.28. The van der Waals surface area contributed by atoms with Gasteiger partial charge < -0.3 is 20.1 Å². The molecule has 1 aromatic heterocycles. The monoisotopic (exact) mass is 466 g/mol. The second-order valence-corrected chi connectivity index (χ2v) is 9.63. The van der Waals surface area contributed by atoms with Crippen LogP contribution in [0.2, 0.25) is 0 Å². The molecule has 2 atom stereocenters. The van der Waals surface area contributed by atoms with Gasteiger partial charge in [-0.1, -0.05) is 78.9 Å². The predicted molar refractivity (Wildman–Crippen MR) is 142 cm³/mol. The Kier molecular flexibility index (Phi) is 7.26. The number of amides is 1. The number of H-pyrrole nitrogens is 1. The van der Waals surface area contributed by atoms with Crippen molar-refractivity contribution >= 4 is 16.8 Å². The van der Waals surface area contributed by atoms with E-state index in [0.29, 0.717) is 6.42 Å². The highest BCUT2D eigenvalue weighted by molar-refractivity contribution is 5.86. The maximum atomic E-state index is 13.8. The molecule has 0 saturated carbocycles. The lowest BCUT2D eigenvalue weighted by Crippen LogP contribution is -2.60. The minimum Gasteiger partial charge on any atom is -0.361 e. The number of benzene rings is 3. The third kappa shape index (κ3) is 5.64. The van der Waals surface area contributed by atoms with Crippen LogP contribution in [-0.4, -0.2) is 59.5 Å². The second kappa shape index (κ2) is 10.9. The fourth-order valence-corrected chi connectivity index (χ4v) is 5.28. The van der Waals surface area contributed by atoms with Crippen molar-refractivity contribution in [3.8, 4) is 0 Å². The maximum Gasteiger partial charge on any atom is 0.240 e. The van der Waals surface area contributed by atoms with Crippen molar-refractivity contribution in [2.75, 3.05) is 26.7 Å². The van der Waals surface area contributed by atoms with Crippen molar-refractivity contribution in [2.45, 2.75) is 31.5 Å². The highest BCUT2D eigenvalue weighted by Gasteiger charge is 2.34. The van der Waals surface area contributed by atoms with Crippen LogP contribution in [0.4, 0.5) is 0 Å². The highest BCUT2D eigenvalue weighted by atomic mass is 16.2. The van der Waals surface area contributed by atoms with Crippen LogP contribution >= 0.6 is 0 Å². The van der Waals surface area contributed by atoms with Crippen LogP contribution in [0.15, 0.2) is 91.1 Å². The zero-order valence-electron chi connectivity index (χ0n) is 20.4. The van der Waals surface area contributed by atoms with Gasteiger partial charge in [0.15, 0.2) is 0 Å². The molecule has 1 saturated heterocycles. The molecule has 1 fully saturated rings. The van der Waals surface area contributed by atoms with E-state index >= 15 is 0 Å². The molecular formula is C30H34N4O. The van der Waals surface area contributed by atoms with E-state index < -0.39 is 0 Å². The molecule has 1 aliphatic rings. The molecule has 1 aliphatic heterocycles. The van der Waals surface area contributed by atoms with Gasteiger partial charge in [-0.3, -0.25) is 4.79 Å². The summed E-state index contributed by atoms with van der Waals surface area (Å²) >= 11 is 0. The van der Waals surface area contributed by atoms with Crippen molar-refractivity contribution in [1.29, 1.82) is 0 Å². The van der Waals surface area contributed by atoms with Gasteiger partial charge in [0.25, 0.3) is 0 Å². The average molecular weight is 467 g/mol. The molecule has 5 heteroatoms. The second-order valence-electron chi connectivity index (χ2n) is 9.63. The van der Waals surface area contributed by atoms with E-state index in [4.69, 9.17) is 0 Å². The van der Waals surface area contributed by atoms with E-state index in [1.165, 1.54) is 22.1 Å². The fraction of sp³-hybridized carbons (Fsp3) is 0.300. The Labute approximate surface area is 207 Å². The van der Waals surface area contributed by atoms with E-state index in [0.717, 1.165) is 38.1 Å². The Bertz CT molecular complexity index is 1240. The summed E-state index contributed by atoms with van der Waals surface area (Å²) in [4.78, 5) is 21.6. The standard InChI is InChI=1S/C30H34N4O/c1-33(21-24-12-6-3-7-13-24)22-26(18-23-10-4-2-5-11-23)34-17-16-31-29(30(34)35)19-25-20-32-28-15-9-8-14-27(25)28/h2-15,20,26,29,31-32H,16-19,21-22H2,1H3/t26-,29?/m1/s1. The SMILES string of the molecule is CN(Cc1ccccc1)C[C@@H](Cc1ccccc1)N1CCNC(Cc2c[nH]c3ccccc23)C1=O. The molecule has 0 spiro atoms. The van der Waals surface area contributed by atoms with Gasteiger partial charge in [-0.25, -0.2) is 0 Å². The molecule has 5 rings (SSSR count). The molecule has 3 aromatic carbocycles. The summed E-state index contributed by atoms with van der Waals surface area (Å²) in [6, 6.07) is 29.3. The van der Waals surface area contributed by atoms with Crippen LogP contribution in [-0.2, 0) is 24.2 Å². The van der Waals surface area contributed by atoms with Gasteiger partial charge in [-0.15, -0.1) is 0 Å². The van der Waals surface area contributed by atoms with Crippen molar-refractivity contribution in [2.24, 2.45) is 0 Å². The first-order valence-electron chi connectivity index (χ1n) is 12.5. The molecule has 5 nitrogen and oxygen atoms in total. The highest BCUT2D eigenvalue weighted by Crippen LogP contribution is 2.22. The number of nitrogens with one attached hydrogen (secondary N) is 2. The molecule has 2 N–H and O–H groups in total. The number of carbonyl (C=O) groups excluding carboxylic acids is 1. The van der Waals surface area contributed by atoms with Gasteiger partial charge in [0, 0.05) is 49.3 Å². The molecule has 0 aliphatic carbocycles. The normalized spacial score (nSPS) is 17.3. The van der Waals surface area contributed by atoms with Crippen molar-refractivity contribution in [3.63, 3.8) is 0 Å². The molecule has 1 amide bonds. The van der Waals surface area contributed by atoms with Gasteiger partial charge in [-0.2, -0.15) is 0 Å². The van der Waals surface area contributed by atoms with Gasteiger partial charge in [0.2, 0.25) is 5.91 Å². The van der Waals surface area contributed by atoms with Crippen LogP contribution in [0.1, 0.15) is 16.7 Å². The molecule has 35 heavy (non-hydrogen) atoms. The summed E-state index contributed by atoms with van der Waals surface area (Å²) in [7, 11) is 2.15. The topological polar surface area (TPSA) is 51.4 Å². The van der Waals surface area contributed by atoms with Crippen LogP contribution in [0.5, 0.6) is 0 Å². The summed E-state index contributed by atoms with van der Waals surface area (Å²) in [5.41, 5.74) is 4.86. The Morgan fingerprint density at radius 3 is 2.40 bits per heavy atom. The van der Waals surface area contributed by atoms with Gasteiger partial charge >= 0.3 is 0 Å². The first-order valence-corrected chi connectivity index (χ1v) is 12.5. The number of aromatic amines is 1. The Hall–Kier alpha value is -3.41. The number of hydrogen-bond donors (Lipinski definition) is 2. The predicted octanol–water partition coefficient (Wildman–Crippen LogP) is 4.25. The van der Waals surface area contributed by atoms with Crippen LogP contribution in [0.3, 0.4) is 0 Å². The third-order valence-corrected chi connectivity index (χ3v) is 7.00. The summed E-state index contributed by atoms with van der Waals surface area (Å²) in [5, 5.41) is 4.69. The quantitative estimate of drug-likeness (QED) is 0.388. The number of carbonyl (C=O) groups is 1. The smallest absolute Gasteiger partial charge is 0.240 e. The Morgan fingerprint density at radius 1 is 0.943 bits per heavy atom. The largest absolute Gasteiger partial charge is 0.361 e. The number of fused-ring (bicyclic) bond motifs is 1. The summed E-state index contributed by atoms with van der Waals surface area (Å²) in [6.07, 6.45) is 3.59. The number of para-hydroxylation sites is 1. The third-order valence-electron chi connectivity index (χ3n) is 7.00. The van der Waals surface area contributed by atoms with Crippen LogP contribution in [0, 0.1) is 0 Å². The van der Waals surface area contributed by atoms with E-state index in [1.54, 1.807) is 0 Å². The Morgan fingerprint density at radius 2 is 1.63 bits per heavy atom. The minimum atomic E-state index is -0.208. The number of aromatic nitrogens is 1. The van der Waals surface area contributed by atoms with Crippen molar-refractivity contribution < 1.29 is 4.79 Å². The van der Waals surface area contributed by atoms with E-state index in [9.17, 15) is 4.79 Å². The molecule has 0 radical (unpaired) electrons. The van der Waals surface area contributed by atoms with Crippen molar-refractivity contribution in [1.82, 2.24) is 20.1 Å². The molecular weight excluding hydrogens is 432 g/mol. The minimum absolute atomic E-state index is 0.117. The Balaban J connectivity index is 1.34. The summed E-state index contributed by atoms with van der Waals surface area (Å²) in [5.74, 6) is 0.204. The number of likely N-dealkylation sites (N-methyl/N-ethyl adjacent to an activating group) is 1. The van der Waals surface area contributed by atoms with E-state index in [-0.39, 0.29) is 18.0 Å².